The Morgan fingerprint density at radius 2 is 1.67 bits per heavy atom. The highest BCUT2D eigenvalue weighted by atomic mass is 16.7. The van der Waals surface area contributed by atoms with Gasteiger partial charge in [-0.15, -0.1) is 0 Å². The summed E-state index contributed by atoms with van der Waals surface area (Å²) < 4.78 is 10.7. The fraction of sp³-hybridized carbons (Fsp3) is 0.368. The maximum Gasteiger partial charge on any atom is 0.231 e. The van der Waals surface area contributed by atoms with Crippen LogP contribution in [0, 0.1) is 0 Å². The Labute approximate surface area is 142 Å². The summed E-state index contributed by atoms with van der Waals surface area (Å²) in [5.74, 6) is 1.66. The van der Waals surface area contributed by atoms with E-state index in [4.69, 9.17) is 9.47 Å². The van der Waals surface area contributed by atoms with Crippen molar-refractivity contribution in [1.29, 1.82) is 0 Å². The van der Waals surface area contributed by atoms with Gasteiger partial charge in [0.15, 0.2) is 11.5 Å². The van der Waals surface area contributed by atoms with Crippen molar-refractivity contribution in [2.45, 2.75) is 0 Å². The molecule has 1 saturated heterocycles. The van der Waals surface area contributed by atoms with Crippen LogP contribution in [0.1, 0.15) is 0 Å². The van der Waals surface area contributed by atoms with E-state index >= 15 is 0 Å². The molecule has 0 spiro atoms. The first kappa shape index (κ1) is 15.1. The number of para-hydroxylation sites is 1. The van der Waals surface area contributed by atoms with Crippen LogP contribution in [0.5, 0.6) is 11.5 Å². The SMILES string of the molecule is c1ccc(N2CCN(CCNc3ccc4c(c3)OCO4)CC2)cc1. The molecule has 2 heterocycles. The van der Waals surface area contributed by atoms with Gasteiger partial charge in [-0.2, -0.15) is 0 Å². The normalized spacial score (nSPS) is 17.1. The summed E-state index contributed by atoms with van der Waals surface area (Å²) >= 11 is 0. The minimum atomic E-state index is 0.324. The summed E-state index contributed by atoms with van der Waals surface area (Å²) in [6.45, 7) is 6.71. The highest BCUT2D eigenvalue weighted by molar-refractivity contribution is 5.55. The fourth-order valence-electron chi connectivity index (χ4n) is 3.23. The zero-order valence-electron chi connectivity index (χ0n) is 13.8. The Hall–Kier alpha value is -2.40. The molecule has 2 aliphatic heterocycles. The second-order valence-corrected chi connectivity index (χ2v) is 6.16. The standard InChI is InChI=1S/C19H23N3O2/c1-2-4-17(5-3-1)22-12-10-21(11-13-22)9-8-20-16-6-7-18-19(14-16)24-15-23-18/h1-7,14,20H,8-13,15H2. The molecule has 0 aromatic heterocycles. The summed E-state index contributed by atoms with van der Waals surface area (Å²) in [6, 6.07) is 16.7. The van der Waals surface area contributed by atoms with Gasteiger partial charge in [0.25, 0.3) is 0 Å². The number of fused-ring (bicyclic) bond motifs is 1. The number of nitrogens with zero attached hydrogens (tertiary/aromatic N) is 2. The molecule has 0 amide bonds. The van der Waals surface area contributed by atoms with Crippen LogP contribution in [0.25, 0.3) is 0 Å². The highest BCUT2D eigenvalue weighted by Gasteiger charge is 2.17. The number of piperazine rings is 1. The molecule has 0 saturated carbocycles. The Balaban J connectivity index is 1.22. The number of hydrogen-bond acceptors (Lipinski definition) is 5. The molecule has 0 radical (unpaired) electrons. The summed E-state index contributed by atoms with van der Waals surface area (Å²) in [4.78, 5) is 4.97. The predicted octanol–water partition coefficient (Wildman–Crippen LogP) is 2.65. The van der Waals surface area contributed by atoms with E-state index in [0.29, 0.717) is 6.79 Å². The minimum absolute atomic E-state index is 0.324. The first-order valence-corrected chi connectivity index (χ1v) is 8.54. The maximum atomic E-state index is 5.41. The predicted molar refractivity (Wildman–Crippen MR) is 96.1 cm³/mol. The highest BCUT2D eigenvalue weighted by Crippen LogP contribution is 2.34. The van der Waals surface area contributed by atoms with Crippen LogP contribution in [-0.2, 0) is 0 Å². The Morgan fingerprint density at radius 1 is 0.875 bits per heavy atom. The lowest BCUT2D eigenvalue weighted by Crippen LogP contribution is -2.47. The van der Waals surface area contributed by atoms with Gasteiger partial charge in [0.1, 0.15) is 0 Å². The van der Waals surface area contributed by atoms with E-state index in [1.165, 1.54) is 5.69 Å². The first-order chi connectivity index (χ1) is 11.9. The van der Waals surface area contributed by atoms with E-state index in [1.807, 2.05) is 18.2 Å². The third kappa shape index (κ3) is 3.41. The Bertz CT molecular complexity index is 670. The molecule has 5 nitrogen and oxygen atoms in total. The summed E-state index contributed by atoms with van der Waals surface area (Å²) in [7, 11) is 0. The van der Waals surface area contributed by atoms with Crippen molar-refractivity contribution in [1.82, 2.24) is 4.90 Å². The molecule has 0 bridgehead atoms. The van der Waals surface area contributed by atoms with E-state index in [-0.39, 0.29) is 0 Å². The number of benzene rings is 2. The number of hydrogen-bond donors (Lipinski definition) is 1. The van der Waals surface area contributed by atoms with Gasteiger partial charge in [0.2, 0.25) is 6.79 Å². The molecule has 2 aliphatic rings. The molecule has 1 N–H and O–H groups in total. The summed E-state index contributed by atoms with van der Waals surface area (Å²) in [5.41, 5.74) is 2.41. The Kier molecular flexibility index (Phi) is 4.42. The fourth-order valence-corrected chi connectivity index (χ4v) is 3.23. The lowest BCUT2D eigenvalue weighted by molar-refractivity contribution is 0.174. The van der Waals surface area contributed by atoms with E-state index in [2.05, 4.69) is 45.4 Å². The molecule has 4 rings (SSSR count). The monoisotopic (exact) mass is 325 g/mol. The van der Waals surface area contributed by atoms with Crippen molar-refractivity contribution in [3.8, 4) is 11.5 Å². The van der Waals surface area contributed by atoms with Crippen LogP contribution >= 0.6 is 0 Å². The number of nitrogens with one attached hydrogen (secondary N) is 1. The molecule has 5 heteroatoms. The van der Waals surface area contributed by atoms with E-state index < -0.39 is 0 Å². The lowest BCUT2D eigenvalue weighted by atomic mass is 10.2. The third-order valence-corrected chi connectivity index (χ3v) is 4.62. The lowest BCUT2D eigenvalue weighted by Gasteiger charge is -2.36. The van der Waals surface area contributed by atoms with Gasteiger partial charge in [-0.25, -0.2) is 0 Å². The van der Waals surface area contributed by atoms with Crippen LogP contribution in [0.3, 0.4) is 0 Å². The van der Waals surface area contributed by atoms with Crippen molar-refractivity contribution >= 4 is 11.4 Å². The van der Waals surface area contributed by atoms with Gasteiger partial charge in [-0.1, -0.05) is 18.2 Å². The van der Waals surface area contributed by atoms with Gasteiger partial charge in [0, 0.05) is 56.7 Å². The van der Waals surface area contributed by atoms with Crippen LogP contribution in [0.15, 0.2) is 48.5 Å². The molecule has 0 atom stereocenters. The average Bonchev–Trinajstić information content (AvgIpc) is 3.11. The van der Waals surface area contributed by atoms with Crippen molar-refractivity contribution in [2.24, 2.45) is 0 Å². The van der Waals surface area contributed by atoms with Gasteiger partial charge >= 0.3 is 0 Å². The Morgan fingerprint density at radius 3 is 2.50 bits per heavy atom. The van der Waals surface area contributed by atoms with Gasteiger partial charge in [0.05, 0.1) is 0 Å². The largest absolute Gasteiger partial charge is 0.454 e. The van der Waals surface area contributed by atoms with Crippen molar-refractivity contribution < 1.29 is 9.47 Å². The average molecular weight is 325 g/mol. The zero-order valence-corrected chi connectivity index (χ0v) is 13.8. The van der Waals surface area contributed by atoms with Gasteiger partial charge in [-0.05, 0) is 24.3 Å². The van der Waals surface area contributed by atoms with Crippen LogP contribution in [0.2, 0.25) is 0 Å². The molecule has 2 aromatic rings. The van der Waals surface area contributed by atoms with Gasteiger partial charge in [-0.3, -0.25) is 4.90 Å². The molecule has 1 fully saturated rings. The topological polar surface area (TPSA) is 37.0 Å². The van der Waals surface area contributed by atoms with Crippen LogP contribution < -0.4 is 19.7 Å². The zero-order chi connectivity index (χ0) is 16.2. The van der Waals surface area contributed by atoms with Crippen LogP contribution in [-0.4, -0.2) is 51.0 Å². The number of anilines is 2. The number of rotatable bonds is 5. The first-order valence-electron chi connectivity index (χ1n) is 8.54. The molecule has 126 valence electrons. The third-order valence-electron chi connectivity index (χ3n) is 4.62. The molecule has 24 heavy (non-hydrogen) atoms. The molecule has 2 aromatic carbocycles. The smallest absolute Gasteiger partial charge is 0.231 e. The van der Waals surface area contributed by atoms with Crippen molar-refractivity contribution in [2.75, 3.05) is 56.3 Å². The van der Waals surface area contributed by atoms with E-state index in [0.717, 1.165) is 56.5 Å². The molecular weight excluding hydrogens is 302 g/mol. The van der Waals surface area contributed by atoms with E-state index in [9.17, 15) is 0 Å². The molecule has 0 unspecified atom stereocenters. The second kappa shape index (κ2) is 7.01. The quantitative estimate of drug-likeness (QED) is 0.915. The summed E-state index contributed by atoms with van der Waals surface area (Å²) in [5, 5.41) is 3.47. The van der Waals surface area contributed by atoms with Gasteiger partial charge < -0.3 is 19.7 Å². The maximum absolute atomic E-state index is 5.41. The minimum Gasteiger partial charge on any atom is -0.454 e. The summed E-state index contributed by atoms with van der Waals surface area (Å²) in [6.07, 6.45) is 0. The van der Waals surface area contributed by atoms with Crippen molar-refractivity contribution in [3.05, 3.63) is 48.5 Å². The molecule has 0 aliphatic carbocycles. The second-order valence-electron chi connectivity index (χ2n) is 6.16. The molecular formula is C19H23N3O2. The van der Waals surface area contributed by atoms with Crippen molar-refractivity contribution in [3.63, 3.8) is 0 Å². The number of ether oxygens (including phenoxy) is 2. The van der Waals surface area contributed by atoms with E-state index in [1.54, 1.807) is 0 Å². The van der Waals surface area contributed by atoms with Crippen LogP contribution in [0.4, 0.5) is 11.4 Å².